The van der Waals surface area contributed by atoms with E-state index in [1.165, 1.54) is 4.90 Å². The van der Waals surface area contributed by atoms with Crippen LogP contribution in [0.15, 0.2) is 47.7 Å². The van der Waals surface area contributed by atoms with Crippen molar-refractivity contribution in [3.63, 3.8) is 0 Å². The molecule has 1 atom stereocenters. The van der Waals surface area contributed by atoms with Crippen LogP contribution < -0.4 is 10.1 Å². The van der Waals surface area contributed by atoms with Gasteiger partial charge in [-0.25, -0.2) is 9.59 Å². The number of amides is 2. The number of halogens is 2. The van der Waals surface area contributed by atoms with Gasteiger partial charge in [-0.05, 0) is 55.7 Å². The third-order valence-electron chi connectivity index (χ3n) is 4.94. The fourth-order valence-electron chi connectivity index (χ4n) is 3.53. The van der Waals surface area contributed by atoms with Crippen molar-refractivity contribution in [1.29, 1.82) is 0 Å². The summed E-state index contributed by atoms with van der Waals surface area (Å²) < 4.78 is 11.3. The first-order valence-corrected chi connectivity index (χ1v) is 10.6. The van der Waals surface area contributed by atoms with Gasteiger partial charge in [0, 0.05) is 7.05 Å². The molecule has 1 heterocycles. The van der Waals surface area contributed by atoms with E-state index in [9.17, 15) is 9.59 Å². The fraction of sp³-hybridized carbons (Fsp3) is 0.304. The number of hydrogen-bond acceptors (Lipinski definition) is 4. The van der Waals surface area contributed by atoms with Crippen LogP contribution in [0.1, 0.15) is 29.7 Å². The Morgan fingerprint density at radius 3 is 2.48 bits per heavy atom. The van der Waals surface area contributed by atoms with Gasteiger partial charge in [0.2, 0.25) is 0 Å². The van der Waals surface area contributed by atoms with Crippen LogP contribution in [0.3, 0.4) is 0 Å². The molecule has 31 heavy (non-hydrogen) atoms. The molecule has 1 unspecified atom stereocenters. The Kier molecular flexibility index (Phi) is 7.13. The van der Waals surface area contributed by atoms with E-state index in [0.717, 1.165) is 11.1 Å². The molecule has 0 saturated carbocycles. The topological polar surface area (TPSA) is 67.9 Å². The highest BCUT2D eigenvalue weighted by Crippen LogP contribution is 2.37. The first-order valence-electron chi connectivity index (χ1n) is 9.82. The number of carbonyl (C=O) groups is 2. The lowest BCUT2D eigenvalue weighted by atomic mass is 9.94. The lowest BCUT2D eigenvalue weighted by molar-refractivity contribution is -0.139. The molecule has 2 aromatic rings. The van der Waals surface area contributed by atoms with Crippen molar-refractivity contribution in [3.8, 4) is 5.75 Å². The predicted octanol–water partition coefficient (Wildman–Crippen LogP) is 5.20. The zero-order chi connectivity index (χ0) is 22.7. The quantitative estimate of drug-likeness (QED) is 0.598. The van der Waals surface area contributed by atoms with Gasteiger partial charge in [-0.3, -0.25) is 4.90 Å². The molecule has 0 bridgehead atoms. The second-order valence-electron chi connectivity index (χ2n) is 7.28. The summed E-state index contributed by atoms with van der Waals surface area (Å²) in [6.45, 7) is 5.84. The van der Waals surface area contributed by atoms with Crippen molar-refractivity contribution in [3.05, 3.63) is 74.4 Å². The molecule has 3 rings (SSSR count). The van der Waals surface area contributed by atoms with Crippen LogP contribution in [0.2, 0.25) is 10.0 Å². The number of benzene rings is 2. The molecular formula is C23H24Cl2N2O4. The number of ether oxygens (including phenoxy) is 2. The van der Waals surface area contributed by atoms with Gasteiger partial charge in [-0.15, -0.1) is 0 Å². The number of hydrogen-bond donors (Lipinski definition) is 1. The van der Waals surface area contributed by atoms with E-state index in [2.05, 4.69) is 5.32 Å². The SMILES string of the molecule is CCOC(=O)C1=C(COc2cc(C)cc(C)c2)N(C)C(=O)NC1c1cccc(Cl)c1Cl. The maximum atomic E-state index is 13.0. The van der Waals surface area contributed by atoms with E-state index in [-0.39, 0.29) is 23.8 Å². The third-order valence-corrected chi connectivity index (χ3v) is 5.77. The second-order valence-corrected chi connectivity index (χ2v) is 8.06. The van der Waals surface area contributed by atoms with E-state index in [1.54, 1.807) is 32.2 Å². The number of rotatable bonds is 6. The number of aryl methyl sites for hydroxylation is 2. The molecule has 164 valence electrons. The van der Waals surface area contributed by atoms with Crippen molar-refractivity contribution in [1.82, 2.24) is 10.2 Å². The summed E-state index contributed by atoms with van der Waals surface area (Å²) in [6.07, 6.45) is 0. The van der Waals surface area contributed by atoms with Gasteiger partial charge in [0.15, 0.2) is 0 Å². The maximum Gasteiger partial charge on any atom is 0.338 e. The first-order chi connectivity index (χ1) is 14.7. The summed E-state index contributed by atoms with van der Waals surface area (Å²) >= 11 is 12.6. The lowest BCUT2D eigenvalue weighted by Gasteiger charge is -2.34. The minimum absolute atomic E-state index is 0.00432. The van der Waals surface area contributed by atoms with Gasteiger partial charge in [0.25, 0.3) is 0 Å². The van der Waals surface area contributed by atoms with E-state index in [0.29, 0.717) is 22.0 Å². The zero-order valence-electron chi connectivity index (χ0n) is 17.8. The molecule has 1 N–H and O–H groups in total. The number of urea groups is 1. The molecule has 2 aromatic carbocycles. The molecule has 0 fully saturated rings. The average molecular weight is 463 g/mol. The molecule has 0 radical (unpaired) electrons. The van der Waals surface area contributed by atoms with Crippen molar-refractivity contribution in [2.24, 2.45) is 0 Å². The van der Waals surface area contributed by atoms with E-state index in [4.69, 9.17) is 32.7 Å². The Hall–Kier alpha value is -2.70. The number of nitrogens with one attached hydrogen (secondary N) is 1. The molecule has 0 aromatic heterocycles. The Balaban J connectivity index is 2.08. The predicted molar refractivity (Wildman–Crippen MR) is 121 cm³/mol. The van der Waals surface area contributed by atoms with E-state index in [1.807, 2.05) is 32.0 Å². The van der Waals surface area contributed by atoms with Crippen LogP contribution >= 0.6 is 23.2 Å². The van der Waals surface area contributed by atoms with Crippen LogP contribution in [0.25, 0.3) is 0 Å². The van der Waals surface area contributed by atoms with Gasteiger partial charge in [0.05, 0.1) is 34.0 Å². The summed E-state index contributed by atoms with van der Waals surface area (Å²) in [5.74, 6) is 0.0827. The first kappa shape index (κ1) is 23.0. The highest BCUT2D eigenvalue weighted by atomic mass is 35.5. The van der Waals surface area contributed by atoms with Crippen molar-refractivity contribution in [2.75, 3.05) is 20.3 Å². The largest absolute Gasteiger partial charge is 0.487 e. The van der Waals surface area contributed by atoms with Crippen LogP contribution in [-0.2, 0) is 9.53 Å². The molecule has 2 amide bonds. The Labute approximate surface area is 191 Å². The number of likely N-dealkylation sites (N-methyl/N-ethyl adjacent to an activating group) is 1. The van der Waals surface area contributed by atoms with Crippen LogP contribution in [0.5, 0.6) is 5.75 Å². The van der Waals surface area contributed by atoms with Gasteiger partial charge >= 0.3 is 12.0 Å². The van der Waals surface area contributed by atoms with Crippen molar-refractivity contribution in [2.45, 2.75) is 26.8 Å². The van der Waals surface area contributed by atoms with E-state index >= 15 is 0 Å². The molecule has 0 aliphatic carbocycles. The summed E-state index contributed by atoms with van der Waals surface area (Å²) in [4.78, 5) is 27.0. The smallest absolute Gasteiger partial charge is 0.338 e. The molecule has 6 nitrogen and oxygen atoms in total. The standard InChI is InChI=1S/C23H24Cl2N2O4/c1-5-30-22(28)19-18(12-31-15-10-13(2)9-14(3)11-15)27(4)23(29)26-21(19)16-7-6-8-17(24)20(16)25/h6-11,21H,5,12H2,1-4H3,(H,26,29). The normalized spacial score (nSPS) is 16.3. The average Bonchev–Trinajstić information content (AvgIpc) is 2.70. The monoisotopic (exact) mass is 462 g/mol. The Bertz CT molecular complexity index is 1030. The highest BCUT2D eigenvalue weighted by molar-refractivity contribution is 6.42. The summed E-state index contributed by atoms with van der Waals surface area (Å²) in [5.41, 5.74) is 3.24. The molecular weight excluding hydrogens is 439 g/mol. The minimum atomic E-state index is -0.827. The van der Waals surface area contributed by atoms with Crippen LogP contribution in [-0.4, -0.2) is 37.2 Å². The fourth-order valence-corrected chi connectivity index (χ4v) is 3.94. The summed E-state index contributed by atoms with van der Waals surface area (Å²) in [6, 6.07) is 9.67. The maximum absolute atomic E-state index is 13.0. The zero-order valence-corrected chi connectivity index (χ0v) is 19.3. The molecule has 1 aliphatic heterocycles. The van der Waals surface area contributed by atoms with Crippen LogP contribution in [0, 0.1) is 13.8 Å². The number of carbonyl (C=O) groups excluding carboxylic acids is 2. The Morgan fingerprint density at radius 2 is 1.84 bits per heavy atom. The minimum Gasteiger partial charge on any atom is -0.487 e. The van der Waals surface area contributed by atoms with Gasteiger partial charge in [0.1, 0.15) is 12.4 Å². The molecule has 8 heteroatoms. The second kappa shape index (κ2) is 9.62. The van der Waals surface area contributed by atoms with Crippen molar-refractivity contribution >= 4 is 35.2 Å². The van der Waals surface area contributed by atoms with Crippen LogP contribution in [0.4, 0.5) is 4.79 Å². The lowest BCUT2D eigenvalue weighted by Crippen LogP contribution is -2.48. The summed E-state index contributed by atoms with van der Waals surface area (Å²) in [5, 5.41) is 3.40. The number of nitrogens with zero attached hydrogens (tertiary/aromatic N) is 1. The molecule has 0 spiro atoms. The van der Waals surface area contributed by atoms with Crippen molar-refractivity contribution < 1.29 is 19.1 Å². The van der Waals surface area contributed by atoms with Gasteiger partial charge in [-0.2, -0.15) is 0 Å². The van der Waals surface area contributed by atoms with Gasteiger partial charge in [-0.1, -0.05) is 41.4 Å². The Morgan fingerprint density at radius 1 is 1.16 bits per heavy atom. The molecule has 0 saturated heterocycles. The van der Waals surface area contributed by atoms with E-state index < -0.39 is 18.0 Å². The summed E-state index contributed by atoms with van der Waals surface area (Å²) in [7, 11) is 1.57. The van der Waals surface area contributed by atoms with Gasteiger partial charge < -0.3 is 14.8 Å². The molecule has 1 aliphatic rings. The number of esters is 1. The highest BCUT2D eigenvalue weighted by Gasteiger charge is 2.38. The third kappa shape index (κ3) is 4.97.